The quantitative estimate of drug-likeness (QED) is 0.757. The number of nitrogens with zero attached hydrogens (tertiary/aromatic N) is 1. The van der Waals surface area contributed by atoms with E-state index in [4.69, 9.17) is 9.47 Å². The van der Waals surface area contributed by atoms with E-state index in [1.54, 1.807) is 0 Å². The molecule has 0 saturated heterocycles. The molecule has 0 aliphatic heterocycles. The number of carbonyl (C=O) groups excluding carboxylic acids is 2. The highest BCUT2D eigenvalue weighted by molar-refractivity contribution is 6.01. The van der Waals surface area contributed by atoms with Crippen LogP contribution >= 0.6 is 0 Å². The summed E-state index contributed by atoms with van der Waals surface area (Å²) in [5.74, 6) is -0.808. The van der Waals surface area contributed by atoms with Crippen LogP contribution in [0.4, 0.5) is 5.69 Å². The molecule has 2 aromatic carbocycles. The van der Waals surface area contributed by atoms with E-state index in [0.717, 1.165) is 11.1 Å². The van der Waals surface area contributed by atoms with Gasteiger partial charge in [-0.1, -0.05) is 48.5 Å². The van der Waals surface area contributed by atoms with Crippen molar-refractivity contribution in [3.8, 4) is 0 Å². The second kappa shape index (κ2) is 8.44. The van der Waals surface area contributed by atoms with Gasteiger partial charge in [-0.3, -0.25) is 9.69 Å². The van der Waals surface area contributed by atoms with Gasteiger partial charge in [-0.2, -0.15) is 0 Å². The van der Waals surface area contributed by atoms with Crippen LogP contribution in [0.2, 0.25) is 0 Å². The first-order chi connectivity index (χ1) is 12.0. The van der Waals surface area contributed by atoms with Gasteiger partial charge in [0.25, 0.3) is 5.91 Å². The van der Waals surface area contributed by atoms with E-state index < -0.39 is 12.0 Å². The summed E-state index contributed by atoms with van der Waals surface area (Å²) in [7, 11) is 2.78. The lowest BCUT2D eigenvalue weighted by molar-refractivity contribution is -0.144. The molecule has 0 aliphatic carbocycles. The number of benzene rings is 2. The molecule has 0 radical (unpaired) electrons. The lowest BCUT2D eigenvalue weighted by Gasteiger charge is -2.32. The van der Waals surface area contributed by atoms with E-state index >= 15 is 0 Å². The number of ether oxygens (including phenoxy) is 2. The van der Waals surface area contributed by atoms with Crippen LogP contribution in [-0.2, 0) is 19.1 Å². The molecule has 1 amide bonds. The minimum atomic E-state index is -0.881. The van der Waals surface area contributed by atoms with Gasteiger partial charge in [0.2, 0.25) is 0 Å². The predicted molar refractivity (Wildman–Crippen MR) is 96.5 cm³/mol. The van der Waals surface area contributed by atoms with E-state index in [2.05, 4.69) is 0 Å². The van der Waals surface area contributed by atoms with Crippen molar-refractivity contribution in [3.05, 3.63) is 65.2 Å². The number of amides is 1. The number of para-hydroxylation sites is 1. The molecule has 2 aromatic rings. The molecular weight excluding hydrogens is 318 g/mol. The van der Waals surface area contributed by atoms with Crippen LogP contribution in [0, 0.1) is 13.8 Å². The third-order valence-electron chi connectivity index (χ3n) is 4.01. The van der Waals surface area contributed by atoms with Crippen molar-refractivity contribution >= 4 is 17.6 Å². The van der Waals surface area contributed by atoms with Gasteiger partial charge in [-0.25, -0.2) is 4.79 Å². The summed E-state index contributed by atoms with van der Waals surface area (Å²) < 4.78 is 10.0. The monoisotopic (exact) mass is 341 g/mol. The van der Waals surface area contributed by atoms with Crippen molar-refractivity contribution in [3.63, 3.8) is 0 Å². The van der Waals surface area contributed by atoms with Crippen LogP contribution in [0.3, 0.4) is 0 Å². The largest absolute Gasteiger partial charge is 0.467 e. The van der Waals surface area contributed by atoms with E-state index in [-0.39, 0.29) is 12.5 Å². The van der Waals surface area contributed by atoms with Crippen molar-refractivity contribution in [2.75, 3.05) is 25.7 Å². The van der Waals surface area contributed by atoms with Crippen molar-refractivity contribution in [2.24, 2.45) is 0 Å². The molecule has 2 rings (SSSR count). The number of hydrogen-bond donors (Lipinski definition) is 0. The molecule has 1 atom stereocenters. The molecule has 1 unspecified atom stereocenters. The van der Waals surface area contributed by atoms with Gasteiger partial charge in [0.15, 0.2) is 6.04 Å². The van der Waals surface area contributed by atoms with Gasteiger partial charge in [-0.05, 0) is 30.5 Å². The number of anilines is 1. The highest BCUT2D eigenvalue weighted by atomic mass is 16.5. The molecule has 0 aliphatic rings. The molecule has 5 heteroatoms. The summed E-state index contributed by atoms with van der Waals surface area (Å²) >= 11 is 0. The maximum atomic E-state index is 12.9. The topological polar surface area (TPSA) is 55.8 Å². The highest BCUT2D eigenvalue weighted by Crippen LogP contribution is 2.33. The Labute approximate surface area is 148 Å². The number of aryl methyl sites for hydroxylation is 2. The van der Waals surface area contributed by atoms with Crippen molar-refractivity contribution in [1.29, 1.82) is 0 Å². The summed E-state index contributed by atoms with van der Waals surface area (Å²) in [5.41, 5.74) is 3.17. The highest BCUT2D eigenvalue weighted by Gasteiger charge is 2.34. The van der Waals surface area contributed by atoms with E-state index in [1.165, 1.54) is 19.1 Å². The van der Waals surface area contributed by atoms with E-state index in [0.29, 0.717) is 11.3 Å². The third-order valence-corrected chi connectivity index (χ3v) is 4.01. The van der Waals surface area contributed by atoms with Gasteiger partial charge in [0.1, 0.15) is 6.61 Å². The maximum Gasteiger partial charge on any atom is 0.333 e. The van der Waals surface area contributed by atoms with Crippen molar-refractivity contribution < 1.29 is 19.1 Å². The molecular formula is C20H23NO4. The van der Waals surface area contributed by atoms with Crippen molar-refractivity contribution in [1.82, 2.24) is 0 Å². The molecule has 0 aromatic heterocycles. The van der Waals surface area contributed by atoms with Gasteiger partial charge < -0.3 is 9.47 Å². The molecule has 0 saturated carbocycles. The Morgan fingerprint density at radius 2 is 1.56 bits per heavy atom. The number of esters is 1. The Morgan fingerprint density at radius 1 is 0.960 bits per heavy atom. The number of carbonyl (C=O) groups is 2. The zero-order valence-electron chi connectivity index (χ0n) is 15.0. The normalized spacial score (nSPS) is 11.7. The zero-order valence-corrected chi connectivity index (χ0v) is 15.0. The van der Waals surface area contributed by atoms with E-state index in [1.807, 2.05) is 62.4 Å². The molecule has 5 nitrogen and oxygen atoms in total. The fourth-order valence-corrected chi connectivity index (χ4v) is 2.91. The Hall–Kier alpha value is -2.66. The second-order valence-electron chi connectivity index (χ2n) is 5.77. The second-order valence-corrected chi connectivity index (χ2v) is 5.77. The molecule has 0 bridgehead atoms. The maximum absolute atomic E-state index is 12.9. The minimum Gasteiger partial charge on any atom is -0.467 e. The first-order valence-electron chi connectivity index (χ1n) is 8.01. The molecule has 132 valence electrons. The summed E-state index contributed by atoms with van der Waals surface area (Å²) in [6.45, 7) is 3.69. The average molecular weight is 341 g/mol. The minimum absolute atomic E-state index is 0.131. The fraction of sp³-hybridized carbons (Fsp3) is 0.300. The summed E-state index contributed by atoms with van der Waals surface area (Å²) in [4.78, 5) is 27.0. The molecule has 0 heterocycles. The summed E-state index contributed by atoms with van der Waals surface area (Å²) in [6, 6.07) is 14.0. The summed E-state index contributed by atoms with van der Waals surface area (Å²) in [5, 5.41) is 0. The van der Waals surface area contributed by atoms with Crippen LogP contribution in [0.25, 0.3) is 0 Å². The third kappa shape index (κ3) is 4.06. The average Bonchev–Trinajstić information content (AvgIpc) is 2.61. The van der Waals surface area contributed by atoms with Gasteiger partial charge in [-0.15, -0.1) is 0 Å². The lowest BCUT2D eigenvalue weighted by Crippen LogP contribution is -2.42. The Bertz CT molecular complexity index is 722. The number of rotatable bonds is 6. The SMILES string of the molecule is COCC(=O)N(c1c(C)cccc1C)C(C(=O)OC)c1ccccc1. The van der Waals surface area contributed by atoms with Crippen LogP contribution in [0.5, 0.6) is 0 Å². The zero-order chi connectivity index (χ0) is 18.4. The van der Waals surface area contributed by atoms with Crippen LogP contribution in [0.1, 0.15) is 22.7 Å². The molecule has 0 spiro atoms. The van der Waals surface area contributed by atoms with Crippen LogP contribution in [-0.4, -0.2) is 32.7 Å². The number of hydrogen-bond acceptors (Lipinski definition) is 4. The van der Waals surface area contributed by atoms with Gasteiger partial charge in [0.05, 0.1) is 12.8 Å². The Morgan fingerprint density at radius 3 is 2.08 bits per heavy atom. The Kier molecular flexibility index (Phi) is 6.31. The first-order valence-corrected chi connectivity index (χ1v) is 8.01. The predicted octanol–water partition coefficient (Wildman–Crippen LogP) is 3.20. The smallest absolute Gasteiger partial charge is 0.333 e. The van der Waals surface area contributed by atoms with Gasteiger partial charge in [0, 0.05) is 7.11 Å². The first kappa shape index (κ1) is 18.7. The standard InChI is InChI=1S/C20H23NO4/c1-14-9-8-10-15(2)18(14)21(17(22)13-24-3)19(20(23)25-4)16-11-6-5-7-12-16/h5-12,19H,13H2,1-4H3. The van der Waals surface area contributed by atoms with Crippen LogP contribution in [0.15, 0.2) is 48.5 Å². The molecule has 25 heavy (non-hydrogen) atoms. The molecule has 0 fully saturated rings. The number of methoxy groups -OCH3 is 2. The van der Waals surface area contributed by atoms with Crippen molar-refractivity contribution in [2.45, 2.75) is 19.9 Å². The van der Waals surface area contributed by atoms with Gasteiger partial charge >= 0.3 is 5.97 Å². The summed E-state index contributed by atoms with van der Waals surface area (Å²) in [6.07, 6.45) is 0. The Balaban J connectivity index is 2.67. The van der Waals surface area contributed by atoms with E-state index in [9.17, 15) is 9.59 Å². The molecule has 0 N–H and O–H groups in total. The fourth-order valence-electron chi connectivity index (χ4n) is 2.91. The van der Waals surface area contributed by atoms with Crippen LogP contribution < -0.4 is 4.90 Å². The lowest BCUT2D eigenvalue weighted by atomic mass is 10.0.